The maximum atomic E-state index is 11.8. The van der Waals surface area contributed by atoms with Gasteiger partial charge in [0, 0.05) is 12.5 Å². The van der Waals surface area contributed by atoms with Gasteiger partial charge in [-0.3, -0.25) is 4.79 Å². The van der Waals surface area contributed by atoms with Crippen molar-refractivity contribution >= 4 is 11.9 Å². The van der Waals surface area contributed by atoms with Crippen molar-refractivity contribution in [2.45, 2.75) is 64.5 Å². The summed E-state index contributed by atoms with van der Waals surface area (Å²) in [6.45, 7) is 4.80. The highest BCUT2D eigenvalue weighted by Gasteiger charge is 2.25. The van der Waals surface area contributed by atoms with Crippen molar-refractivity contribution < 1.29 is 14.7 Å². The van der Waals surface area contributed by atoms with Crippen molar-refractivity contribution in [3.8, 4) is 0 Å². The lowest BCUT2D eigenvalue weighted by Crippen LogP contribution is -2.45. The molecular formula is C14H26N2O3. The zero-order valence-electron chi connectivity index (χ0n) is 11.9. The summed E-state index contributed by atoms with van der Waals surface area (Å²) in [6.07, 6.45) is 5.46. The number of nitrogens with one attached hydrogen (secondary N) is 2. The molecule has 0 radical (unpaired) electrons. The maximum absolute atomic E-state index is 11.8. The molecule has 1 aliphatic rings. The van der Waals surface area contributed by atoms with Crippen molar-refractivity contribution in [1.29, 1.82) is 0 Å². The minimum absolute atomic E-state index is 0.0470. The molecule has 1 fully saturated rings. The minimum atomic E-state index is -0.946. The summed E-state index contributed by atoms with van der Waals surface area (Å²) < 4.78 is 0. The third kappa shape index (κ3) is 5.59. The Kier molecular flexibility index (Phi) is 6.84. The molecule has 1 saturated heterocycles. The molecule has 1 heterocycles. The van der Waals surface area contributed by atoms with E-state index in [9.17, 15) is 9.59 Å². The van der Waals surface area contributed by atoms with Crippen LogP contribution in [0.15, 0.2) is 0 Å². The van der Waals surface area contributed by atoms with Crippen LogP contribution in [-0.2, 0) is 9.59 Å². The van der Waals surface area contributed by atoms with E-state index in [1.54, 1.807) is 0 Å². The van der Waals surface area contributed by atoms with Crippen LogP contribution in [0.3, 0.4) is 0 Å². The summed E-state index contributed by atoms with van der Waals surface area (Å²) in [4.78, 5) is 22.9. The summed E-state index contributed by atoms with van der Waals surface area (Å²) in [5.41, 5.74) is 0. The fourth-order valence-electron chi connectivity index (χ4n) is 2.40. The van der Waals surface area contributed by atoms with E-state index in [0.29, 0.717) is 12.5 Å². The number of rotatable bonds is 7. The topological polar surface area (TPSA) is 78.4 Å². The Morgan fingerprint density at radius 1 is 1.42 bits per heavy atom. The molecule has 0 aliphatic carbocycles. The Morgan fingerprint density at radius 2 is 2.16 bits per heavy atom. The van der Waals surface area contributed by atoms with Gasteiger partial charge in [0.2, 0.25) is 5.91 Å². The Bertz CT molecular complexity index is 301. The molecule has 1 amide bonds. The van der Waals surface area contributed by atoms with Gasteiger partial charge in [0.1, 0.15) is 6.04 Å². The van der Waals surface area contributed by atoms with Crippen LogP contribution >= 0.6 is 0 Å². The largest absolute Gasteiger partial charge is 0.480 e. The van der Waals surface area contributed by atoms with Gasteiger partial charge >= 0.3 is 5.97 Å². The van der Waals surface area contributed by atoms with E-state index in [-0.39, 0.29) is 11.8 Å². The lowest BCUT2D eigenvalue weighted by molar-refractivity contribution is -0.143. The highest BCUT2D eigenvalue weighted by atomic mass is 16.4. The highest BCUT2D eigenvalue weighted by molar-refractivity contribution is 5.83. The predicted octanol–water partition coefficient (Wildman–Crippen LogP) is 1.52. The van der Waals surface area contributed by atoms with Crippen LogP contribution in [-0.4, -0.2) is 35.6 Å². The molecule has 0 aromatic heterocycles. The molecule has 5 nitrogen and oxygen atoms in total. The molecule has 3 atom stereocenters. The van der Waals surface area contributed by atoms with Crippen LogP contribution in [0.1, 0.15) is 52.4 Å². The maximum Gasteiger partial charge on any atom is 0.326 e. The van der Waals surface area contributed by atoms with E-state index in [1.165, 1.54) is 12.8 Å². The normalized spacial score (nSPS) is 22.5. The number of amides is 1. The summed E-state index contributed by atoms with van der Waals surface area (Å²) >= 11 is 0. The van der Waals surface area contributed by atoms with Gasteiger partial charge in [0.15, 0.2) is 0 Å². The van der Waals surface area contributed by atoms with E-state index in [4.69, 9.17) is 5.11 Å². The van der Waals surface area contributed by atoms with Crippen LogP contribution < -0.4 is 10.6 Å². The SMILES string of the molecule is CC[C@H](C)[C@H](NC(=O)CCC1CCCCN1)C(=O)O. The van der Waals surface area contributed by atoms with Crippen LogP contribution in [0.2, 0.25) is 0 Å². The Hall–Kier alpha value is -1.10. The van der Waals surface area contributed by atoms with Gasteiger partial charge in [0.05, 0.1) is 0 Å². The van der Waals surface area contributed by atoms with Crippen LogP contribution in [0.4, 0.5) is 0 Å². The average Bonchev–Trinajstić information content (AvgIpc) is 2.42. The average molecular weight is 270 g/mol. The van der Waals surface area contributed by atoms with Gasteiger partial charge in [-0.25, -0.2) is 4.79 Å². The second-order valence-corrected chi connectivity index (χ2v) is 5.45. The lowest BCUT2D eigenvalue weighted by Gasteiger charge is -2.24. The number of carboxylic acid groups (broad SMARTS) is 1. The Morgan fingerprint density at radius 3 is 2.68 bits per heavy atom. The first-order valence-corrected chi connectivity index (χ1v) is 7.30. The molecule has 110 valence electrons. The second-order valence-electron chi connectivity index (χ2n) is 5.45. The van der Waals surface area contributed by atoms with E-state index in [2.05, 4.69) is 10.6 Å². The Balaban J connectivity index is 2.33. The minimum Gasteiger partial charge on any atom is -0.480 e. The molecule has 0 spiro atoms. The summed E-state index contributed by atoms with van der Waals surface area (Å²) in [7, 11) is 0. The van der Waals surface area contributed by atoms with Crippen LogP contribution in [0.5, 0.6) is 0 Å². The zero-order valence-corrected chi connectivity index (χ0v) is 11.9. The van der Waals surface area contributed by atoms with Gasteiger partial charge in [-0.15, -0.1) is 0 Å². The molecule has 19 heavy (non-hydrogen) atoms. The zero-order chi connectivity index (χ0) is 14.3. The highest BCUT2D eigenvalue weighted by Crippen LogP contribution is 2.12. The van der Waals surface area contributed by atoms with Gasteiger partial charge in [-0.1, -0.05) is 26.7 Å². The number of carbonyl (C=O) groups is 2. The van der Waals surface area contributed by atoms with E-state index < -0.39 is 12.0 Å². The molecule has 0 bridgehead atoms. The molecular weight excluding hydrogens is 244 g/mol. The Labute approximate surface area is 115 Å². The van der Waals surface area contributed by atoms with E-state index in [0.717, 1.165) is 25.8 Å². The molecule has 0 aromatic carbocycles. The van der Waals surface area contributed by atoms with Crippen molar-refractivity contribution in [2.24, 2.45) is 5.92 Å². The predicted molar refractivity (Wildman–Crippen MR) is 73.9 cm³/mol. The quantitative estimate of drug-likeness (QED) is 0.655. The van der Waals surface area contributed by atoms with E-state index in [1.807, 2.05) is 13.8 Å². The third-order valence-electron chi connectivity index (χ3n) is 3.93. The van der Waals surface area contributed by atoms with Crippen molar-refractivity contribution in [2.75, 3.05) is 6.54 Å². The summed E-state index contributed by atoms with van der Waals surface area (Å²) in [6, 6.07) is -0.358. The first kappa shape index (κ1) is 16.0. The second kappa shape index (κ2) is 8.15. The fraction of sp³-hybridized carbons (Fsp3) is 0.857. The molecule has 5 heteroatoms. The van der Waals surface area contributed by atoms with Crippen molar-refractivity contribution in [1.82, 2.24) is 10.6 Å². The van der Waals surface area contributed by atoms with Gasteiger partial charge < -0.3 is 15.7 Å². The van der Waals surface area contributed by atoms with Gasteiger partial charge in [-0.2, -0.15) is 0 Å². The van der Waals surface area contributed by atoms with Crippen LogP contribution in [0, 0.1) is 5.92 Å². The number of carbonyl (C=O) groups excluding carboxylic acids is 1. The van der Waals surface area contributed by atoms with Gasteiger partial charge in [0.25, 0.3) is 0 Å². The number of piperidine rings is 1. The van der Waals surface area contributed by atoms with E-state index >= 15 is 0 Å². The molecule has 1 aliphatic heterocycles. The monoisotopic (exact) mass is 270 g/mol. The third-order valence-corrected chi connectivity index (χ3v) is 3.93. The molecule has 0 aromatic rings. The van der Waals surface area contributed by atoms with Crippen molar-refractivity contribution in [3.05, 3.63) is 0 Å². The first-order chi connectivity index (χ1) is 9.04. The number of hydrogen-bond acceptors (Lipinski definition) is 3. The van der Waals surface area contributed by atoms with Crippen LogP contribution in [0.25, 0.3) is 0 Å². The summed E-state index contributed by atoms with van der Waals surface area (Å²) in [5.74, 6) is -1.15. The number of hydrogen-bond donors (Lipinski definition) is 3. The summed E-state index contributed by atoms with van der Waals surface area (Å²) in [5, 5.41) is 15.1. The number of carboxylic acids is 1. The molecule has 1 unspecified atom stereocenters. The van der Waals surface area contributed by atoms with Gasteiger partial charge in [-0.05, 0) is 31.7 Å². The molecule has 1 rings (SSSR count). The standard InChI is InChI=1S/C14H26N2O3/c1-3-10(2)13(14(18)19)16-12(17)8-7-11-6-4-5-9-15-11/h10-11,13,15H,3-9H2,1-2H3,(H,16,17)(H,18,19)/t10-,11?,13-/m0/s1. The lowest BCUT2D eigenvalue weighted by atomic mass is 9.98. The smallest absolute Gasteiger partial charge is 0.326 e. The first-order valence-electron chi connectivity index (χ1n) is 7.30. The fourth-order valence-corrected chi connectivity index (χ4v) is 2.40. The molecule has 0 saturated carbocycles. The number of aliphatic carboxylic acids is 1. The van der Waals surface area contributed by atoms with Crippen molar-refractivity contribution in [3.63, 3.8) is 0 Å². The molecule has 3 N–H and O–H groups in total.